The number of aliphatic hydroxyl groups is 1. The number of benzene rings is 1. The van der Waals surface area contributed by atoms with Crippen LogP contribution < -0.4 is 5.32 Å². The maximum Gasteiger partial charge on any atom is 0.244 e. The van der Waals surface area contributed by atoms with Crippen LogP contribution in [0.25, 0.3) is 6.08 Å². The number of nitrogens with zero attached hydrogens (tertiary/aromatic N) is 1. The minimum absolute atomic E-state index is 0.155. The smallest absolute Gasteiger partial charge is 0.244 e. The average molecular weight is 284 g/mol. The van der Waals surface area contributed by atoms with Crippen molar-refractivity contribution < 1.29 is 9.90 Å². The molecule has 4 nitrogen and oxygen atoms in total. The van der Waals surface area contributed by atoms with Gasteiger partial charge in [-0.3, -0.25) is 4.79 Å². The molecule has 110 valence electrons. The van der Waals surface area contributed by atoms with Gasteiger partial charge in [0.1, 0.15) is 0 Å². The van der Waals surface area contributed by atoms with E-state index in [9.17, 15) is 9.90 Å². The number of rotatable bonds is 4. The number of carbonyl (C=O) groups is 1. The molecule has 2 N–H and O–H groups in total. The Bertz CT molecular complexity index is 543. The summed E-state index contributed by atoms with van der Waals surface area (Å²) in [4.78, 5) is 11.8. The molecule has 0 bridgehead atoms. The van der Waals surface area contributed by atoms with Crippen molar-refractivity contribution in [2.75, 3.05) is 6.54 Å². The summed E-state index contributed by atoms with van der Waals surface area (Å²) < 4.78 is 0. The fourth-order valence-electron chi connectivity index (χ4n) is 2.56. The van der Waals surface area contributed by atoms with Crippen LogP contribution >= 0.6 is 0 Å². The van der Waals surface area contributed by atoms with Gasteiger partial charge < -0.3 is 10.4 Å². The lowest BCUT2D eigenvalue weighted by Gasteiger charge is -2.27. The summed E-state index contributed by atoms with van der Waals surface area (Å²) in [5.74, 6) is 0.0168. The molecule has 21 heavy (non-hydrogen) atoms. The molecule has 2 atom stereocenters. The average Bonchev–Trinajstić information content (AvgIpc) is 2.52. The highest BCUT2D eigenvalue weighted by atomic mass is 16.3. The number of nitrogens with one attached hydrogen (secondary N) is 1. The first-order valence-electron chi connectivity index (χ1n) is 7.33. The Hall–Kier alpha value is -2.12. The van der Waals surface area contributed by atoms with Gasteiger partial charge in [0.2, 0.25) is 5.91 Å². The Balaban J connectivity index is 1.80. The van der Waals surface area contributed by atoms with Crippen molar-refractivity contribution in [3.63, 3.8) is 0 Å². The Morgan fingerprint density at radius 2 is 2.05 bits per heavy atom. The number of carbonyl (C=O) groups excluding carboxylic acids is 1. The van der Waals surface area contributed by atoms with Gasteiger partial charge in [0.15, 0.2) is 0 Å². The Morgan fingerprint density at radius 1 is 1.33 bits per heavy atom. The lowest BCUT2D eigenvalue weighted by molar-refractivity contribution is -0.116. The van der Waals surface area contributed by atoms with Gasteiger partial charge in [-0.25, -0.2) is 0 Å². The van der Waals surface area contributed by atoms with Crippen molar-refractivity contribution in [2.24, 2.45) is 5.92 Å². The van der Waals surface area contributed by atoms with Crippen molar-refractivity contribution in [1.82, 2.24) is 5.32 Å². The summed E-state index contributed by atoms with van der Waals surface area (Å²) in [6.07, 6.45) is 6.91. The topological polar surface area (TPSA) is 73.1 Å². The van der Waals surface area contributed by atoms with Gasteiger partial charge >= 0.3 is 0 Å². The number of nitriles is 1. The maximum absolute atomic E-state index is 11.8. The van der Waals surface area contributed by atoms with Crippen LogP contribution in [0.4, 0.5) is 0 Å². The molecule has 0 radical (unpaired) electrons. The molecule has 0 aromatic heterocycles. The number of aliphatic hydroxyl groups excluding tert-OH is 1. The van der Waals surface area contributed by atoms with E-state index in [1.165, 1.54) is 6.08 Å². The van der Waals surface area contributed by atoms with Crippen LogP contribution in [0.2, 0.25) is 0 Å². The summed E-state index contributed by atoms with van der Waals surface area (Å²) in [7, 11) is 0. The quantitative estimate of drug-likeness (QED) is 0.833. The van der Waals surface area contributed by atoms with Gasteiger partial charge in [0, 0.05) is 18.5 Å². The third-order valence-electron chi connectivity index (χ3n) is 3.87. The van der Waals surface area contributed by atoms with Crippen LogP contribution in [-0.4, -0.2) is 23.7 Å². The minimum atomic E-state index is -0.290. The molecule has 0 spiro atoms. The third kappa shape index (κ3) is 4.73. The largest absolute Gasteiger partial charge is 0.393 e. The number of hydrogen-bond donors (Lipinski definition) is 2. The monoisotopic (exact) mass is 284 g/mol. The minimum Gasteiger partial charge on any atom is -0.393 e. The molecule has 2 rings (SSSR count). The van der Waals surface area contributed by atoms with Crippen LogP contribution in [-0.2, 0) is 4.79 Å². The second-order valence-electron chi connectivity index (χ2n) is 5.42. The fourth-order valence-corrected chi connectivity index (χ4v) is 2.56. The van der Waals surface area contributed by atoms with E-state index >= 15 is 0 Å². The lowest BCUT2D eigenvalue weighted by Crippen LogP contribution is -2.36. The van der Waals surface area contributed by atoms with Crippen molar-refractivity contribution in [3.05, 3.63) is 41.5 Å². The van der Waals surface area contributed by atoms with E-state index in [1.807, 2.05) is 0 Å². The van der Waals surface area contributed by atoms with Crippen LogP contribution in [0.1, 0.15) is 36.8 Å². The highest BCUT2D eigenvalue weighted by Gasteiger charge is 2.22. The van der Waals surface area contributed by atoms with Crippen LogP contribution in [0.15, 0.2) is 30.3 Å². The summed E-state index contributed by atoms with van der Waals surface area (Å²) in [6, 6.07) is 9.09. The number of amides is 1. The SMILES string of the molecule is N#Cc1ccc(C=CC(=O)NCC2CCCCC2O)cc1. The molecule has 1 saturated carbocycles. The molecule has 1 aromatic carbocycles. The molecular formula is C17H20N2O2. The zero-order valence-electron chi connectivity index (χ0n) is 12.0. The molecule has 0 heterocycles. The molecule has 2 unspecified atom stereocenters. The van der Waals surface area contributed by atoms with Gasteiger partial charge in [-0.15, -0.1) is 0 Å². The highest BCUT2D eigenvalue weighted by Crippen LogP contribution is 2.23. The summed E-state index contributed by atoms with van der Waals surface area (Å²) in [5.41, 5.74) is 1.48. The van der Waals surface area contributed by atoms with Crippen molar-refractivity contribution in [3.8, 4) is 6.07 Å². The highest BCUT2D eigenvalue weighted by molar-refractivity contribution is 5.91. The molecule has 1 aromatic rings. The molecule has 4 heteroatoms. The predicted molar refractivity (Wildman–Crippen MR) is 81.2 cm³/mol. The second kappa shape index (κ2) is 7.61. The fraction of sp³-hybridized carbons (Fsp3) is 0.412. The third-order valence-corrected chi connectivity index (χ3v) is 3.87. The standard InChI is InChI=1S/C17H20N2O2/c18-11-14-7-5-13(6-8-14)9-10-17(21)19-12-15-3-1-2-4-16(15)20/h5-10,15-16,20H,1-4,12H2,(H,19,21). The Morgan fingerprint density at radius 3 is 2.71 bits per heavy atom. The summed E-state index contributed by atoms with van der Waals surface area (Å²) >= 11 is 0. The molecule has 1 aliphatic carbocycles. The summed E-state index contributed by atoms with van der Waals surface area (Å²) in [6.45, 7) is 0.526. The molecule has 0 saturated heterocycles. The zero-order chi connectivity index (χ0) is 15.1. The van der Waals surface area contributed by atoms with Gasteiger partial charge in [-0.2, -0.15) is 5.26 Å². The van der Waals surface area contributed by atoms with E-state index in [0.29, 0.717) is 12.1 Å². The van der Waals surface area contributed by atoms with Gasteiger partial charge in [-0.05, 0) is 36.6 Å². The van der Waals surface area contributed by atoms with E-state index in [4.69, 9.17) is 5.26 Å². The van der Waals surface area contributed by atoms with Crippen molar-refractivity contribution in [2.45, 2.75) is 31.8 Å². The van der Waals surface area contributed by atoms with E-state index in [1.54, 1.807) is 30.3 Å². The first-order chi connectivity index (χ1) is 10.2. The van der Waals surface area contributed by atoms with Gasteiger partial charge in [-0.1, -0.05) is 25.0 Å². The molecule has 0 aliphatic heterocycles. The Labute approximate surface area is 125 Å². The van der Waals surface area contributed by atoms with Crippen molar-refractivity contribution in [1.29, 1.82) is 5.26 Å². The summed E-state index contributed by atoms with van der Waals surface area (Å²) in [5, 5.41) is 21.4. The van der Waals surface area contributed by atoms with E-state index in [2.05, 4.69) is 11.4 Å². The van der Waals surface area contributed by atoms with Crippen molar-refractivity contribution >= 4 is 12.0 Å². The number of hydrogen-bond acceptors (Lipinski definition) is 3. The zero-order valence-corrected chi connectivity index (χ0v) is 12.0. The predicted octanol–water partition coefficient (Wildman–Crippen LogP) is 2.24. The molecule has 1 amide bonds. The first kappa shape index (κ1) is 15.3. The normalized spacial score (nSPS) is 21.9. The van der Waals surface area contributed by atoms with E-state index < -0.39 is 0 Å². The van der Waals surface area contributed by atoms with Crippen LogP contribution in [0.5, 0.6) is 0 Å². The second-order valence-corrected chi connectivity index (χ2v) is 5.42. The van der Waals surface area contributed by atoms with Crippen LogP contribution in [0.3, 0.4) is 0 Å². The van der Waals surface area contributed by atoms with Gasteiger partial charge in [0.05, 0.1) is 17.7 Å². The molecule has 1 aliphatic rings. The first-order valence-corrected chi connectivity index (χ1v) is 7.33. The molecule has 1 fully saturated rings. The Kier molecular flexibility index (Phi) is 5.53. The maximum atomic E-state index is 11.8. The van der Waals surface area contributed by atoms with Gasteiger partial charge in [0.25, 0.3) is 0 Å². The van der Waals surface area contributed by atoms with E-state index in [-0.39, 0.29) is 17.9 Å². The van der Waals surface area contributed by atoms with E-state index in [0.717, 1.165) is 31.2 Å². The lowest BCUT2D eigenvalue weighted by atomic mass is 9.86. The van der Waals surface area contributed by atoms with Crippen LogP contribution in [0, 0.1) is 17.2 Å². The molecular weight excluding hydrogens is 264 g/mol.